The van der Waals surface area contributed by atoms with Gasteiger partial charge in [0, 0.05) is 17.3 Å². The van der Waals surface area contributed by atoms with Gasteiger partial charge in [0.15, 0.2) is 31.2 Å². The zero-order chi connectivity index (χ0) is 21.2. The molecule has 0 radical (unpaired) electrons. The second-order valence-electron chi connectivity index (χ2n) is 6.62. The lowest BCUT2D eigenvalue weighted by Gasteiger charge is -2.12. The van der Waals surface area contributed by atoms with E-state index in [0.717, 1.165) is 0 Å². The summed E-state index contributed by atoms with van der Waals surface area (Å²) in [6.45, 7) is 0. The van der Waals surface area contributed by atoms with Crippen LogP contribution in [-0.4, -0.2) is 53.7 Å². The minimum absolute atomic E-state index is 0.00210. The molecule has 0 aliphatic carbocycles. The van der Waals surface area contributed by atoms with Crippen molar-refractivity contribution in [3.8, 4) is 11.5 Å². The number of rotatable bonds is 6. The highest BCUT2D eigenvalue weighted by Gasteiger charge is 2.38. The summed E-state index contributed by atoms with van der Waals surface area (Å²) >= 11 is 0. The van der Waals surface area contributed by atoms with Gasteiger partial charge in [0.25, 0.3) is 5.91 Å². The molecule has 1 saturated heterocycles. The first-order valence-electron chi connectivity index (χ1n) is 8.74. The largest absolute Gasteiger partial charge is 0.493 e. The van der Waals surface area contributed by atoms with Gasteiger partial charge in [-0.05, 0) is 42.8 Å². The first-order chi connectivity index (χ1) is 13.7. The lowest BCUT2D eigenvalue weighted by molar-refractivity contribution is 0.102. The van der Waals surface area contributed by atoms with Gasteiger partial charge < -0.3 is 14.8 Å². The third kappa shape index (κ3) is 4.54. The van der Waals surface area contributed by atoms with Crippen LogP contribution in [0.5, 0.6) is 11.5 Å². The molecule has 1 fully saturated rings. The van der Waals surface area contributed by atoms with Crippen molar-refractivity contribution in [2.75, 3.05) is 31.0 Å². The molecule has 3 rings (SSSR count). The Morgan fingerprint density at radius 1 is 1.03 bits per heavy atom. The number of hydrogen-bond donors (Lipinski definition) is 1. The van der Waals surface area contributed by atoms with Crippen LogP contribution in [0.3, 0.4) is 0 Å². The number of hydrogen-bond acceptors (Lipinski definition) is 7. The SMILES string of the molecule is COc1ccc(NC(=O)c2ccc(S(=O)(=O)C3CCS(=O)(=O)C3)cc2)cc1OC. The minimum atomic E-state index is -3.77. The predicted octanol–water partition coefficient (Wildman–Crippen LogP) is 1.92. The fourth-order valence-electron chi connectivity index (χ4n) is 3.11. The van der Waals surface area contributed by atoms with Gasteiger partial charge in [-0.3, -0.25) is 4.79 Å². The number of benzene rings is 2. The molecule has 156 valence electrons. The van der Waals surface area contributed by atoms with Crippen molar-refractivity contribution >= 4 is 31.3 Å². The van der Waals surface area contributed by atoms with Gasteiger partial charge in [0.2, 0.25) is 0 Å². The number of anilines is 1. The van der Waals surface area contributed by atoms with Gasteiger partial charge in [-0.1, -0.05) is 0 Å². The predicted molar refractivity (Wildman–Crippen MR) is 108 cm³/mol. The zero-order valence-corrected chi connectivity index (χ0v) is 17.5. The van der Waals surface area contributed by atoms with Crippen molar-refractivity contribution < 1.29 is 31.1 Å². The molecule has 2 aromatic carbocycles. The highest BCUT2D eigenvalue weighted by Crippen LogP contribution is 2.30. The summed E-state index contributed by atoms with van der Waals surface area (Å²) < 4.78 is 58.8. The van der Waals surface area contributed by atoms with Crippen molar-refractivity contribution in [1.29, 1.82) is 0 Å². The molecule has 10 heteroatoms. The van der Waals surface area contributed by atoms with Gasteiger partial charge >= 0.3 is 0 Å². The van der Waals surface area contributed by atoms with E-state index in [4.69, 9.17) is 9.47 Å². The highest BCUT2D eigenvalue weighted by molar-refractivity contribution is 7.96. The van der Waals surface area contributed by atoms with Crippen molar-refractivity contribution in [3.05, 3.63) is 48.0 Å². The van der Waals surface area contributed by atoms with E-state index in [1.165, 1.54) is 38.5 Å². The normalized spacial score (nSPS) is 18.2. The molecule has 0 saturated carbocycles. The smallest absolute Gasteiger partial charge is 0.255 e. The fraction of sp³-hybridized carbons (Fsp3) is 0.316. The summed E-state index contributed by atoms with van der Waals surface area (Å²) in [5, 5.41) is 1.76. The molecule has 29 heavy (non-hydrogen) atoms. The van der Waals surface area contributed by atoms with Crippen LogP contribution >= 0.6 is 0 Å². The standard InChI is InChI=1S/C19H21NO7S2/c1-26-17-8-5-14(11-18(17)27-2)20-19(21)13-3-6-15(7-4-13)29(24,25)16-9-10-28(22,23)12-16/h3-8,11,16H,9-10,12H2,1-2H3,(H,20,21). The van der Waals surface area contributed by atoms with Crippen LogP contribution in [-0.2, 0) is 19.7 Å². The lowest BCUT2D eigenvalue weighted by atomic mass is 10.2. The second kappa shape index (κ2) is 8.03. The van der Waals surface area contributed by atoms with Crippen molar-refractivity contribution in [3.63, 3.8) is 0 Å². The Labute approximate surface area is 169 Å². The molecule has 1 heterocycles. The Morgan fingerprint density at radius 2 is 1.69 bits per heavy atom. The number of methoxy groups -OCH3 is 2. The Hall–Kier alpha value is -2.59. The molecule has 8 nitrogen and oxygen atoms in total. The number of carbonyl (C=O) groups excluding carboxylic acids is 1. The summed E-state index contributed by atoms with van der Waals surface area (Å²) in [7, 11) is -4.09. The monoisotopic (exact) mass is 439 g/mol. The lowest BCUT2D eigenvalue weighted by Crippen LogP contribution is -2.22. The van der Waals surface area contributed by atoms with E-state index in [-0.39, 0.29) is 28.4 Å². The topological polar surface area (TPSA) is 116 Å². The van der Waals surface area contributed by atoms with E-state index < -0.39 is 30.8 Å². The maximum Gasteiger partial charge on any atom is 0.255 e. The molecule has 1 unspecified atom stereocenters. The van der Waals surface area contributed by atoms with Crippen molar-refractivity contribution in [2.24, 2.45) is 0 Å². The van der Waals surface area contributed by atoms with Gasteiger partial charge in [0.1, 0.15) is 0 Å². The van der Waals surface area contributed by atoms with Gasteiger partial charge in [-0.25, -0.2) is 16.8 Å². The number of ether oxygens (including phenoxy) is 2. The molecule has 1 N–H and O–H groups in total. The number of carbonyl (C=O) groups is 1. The second-order valence-corrected chi connectivity index (χ2v) is 11.1. The van der Waals surface area contributed by atoms with Crippen molar-refractivity contribution in [1.82, 2.24) is 0 Å². The van der Waals surface area contributed by atoms with Crippen LogP contribution in [0.4, 0.5) is 5.69 Å². The van der Waals surface area contributed by atoms with E-state index in [1.54, 1.807) is 18.2 Å². The molecule has 0 spiro atoms. The van der Waals surface area contributed by atoms with Gasteiger partial charge in [-0.2, -0.15) is 0 Å². The van der Waals surface area contributed by atoms with Gasteiger partial charge in [0.05, 0.1) is 35.9 Å². The van der Waals surface area contributed by atoms with Crippen LogP contribution in [0.1, 0.15) is 16.8 Å². The maximum atomic E-state index is 12.6. The summed E-state index contributed by atoms with van der Waals surface area (Å²) in [6.07, 6.45) is 0.0895. The third-order valence-electron chi connectivity index (χ3n) is 4.72. The average molecular weight is 440 g/mol. The maximum absolute atomic E-state index is 12.6. The van der Waals surface area contributed by atoms with E-state index in [2.05, 4.69) is 5.32 Å². The van der Waals surface area contributed by atoms with E-state index in [0.29, 0.717) is 17.2 Å². The number of sulfone groups is 2. The van der Waals surface area contributed by atoms with Gasteiger partial charge in [-0.15, -0.1) is 0 Å². The molecule has 1 atom stereocenters. The fourth-order valence-corrected chi connectivity index (χ4v) is 7.47. The summed E-state index contributed by atoms with van der Waals surface area (Å²) in [4.78, 5) is 12.5. The Morgan fingerprint density at radius 3 is 2.24 bits per heavy atom. The van der Waals surface area contributed by atoms with Crippen LogP contribution < -0.4 is 14.8 Å². The average Bonchev–Trinajstić information content (AvgIpc) is 3.08. The third-order valence-corrected chi connectivity index (χ3v) is 8.90. The van der Waals surface area contributed by atoms with Crippen LogP contribution in [0.2, 0.25) is 0 Å². The quantitative estimate of drug-likeness (QED) is 0.731. The number of amides is 1. The Kier molecular flexibility index (Phi) is 5.85. The van der Waals surface area contributed by atoms with Crippen LogP contribution in [0.15, 0.2) is 47.4 Å². The van der Waals surface area contributed by atoms with E-state index in [9.17, 15) is 21.6 Å². The summed E-state index contributed by atoms with van der Waals surface area (Å²) in [5.41, 5.74) is 0.748. The molecule has 1 amide bonds. The molecule has 0 aromatic heterocycles. The zero-order valence-electron chi connectivity index (χ0n) is 15.9. The van der Waals surface area contributed by atoms with Crippen molar-refractivity contribution in [2.45, 2.75) is 16.6 Å². The number of nitrogens with one attached hydrogen (secondary N) is 1. The van der Waals surface area contributed by atoms with Crippen LogP contribution in [0.25, 0.3) is 0 Å². The summed E-state index contributed by atoms with van der Waals surface area (Å²) in [5.74, 6) is 0.0661. The Balaban J connectivity index is 1.75. The van der Waals surface area contributed by atoms with Crippen LogP contribution in [0, 0.1) is 0 Å². The molecule has 1 aliphatic rings. The molecule has 2 aromatic rings. The summed E-state index contributed by atoms with van der Waals surface area (Å²) in [6, 6.07) is 10.3. The van der Waals surface area contributed by atoms with E-state index in [1.807, 2.05) is 0 Å². The highest BCUT2D eigenvalue weighted by atomic mass is 32.2. The Bertz CT molecular complexity index is 1120. The first kappa shape index (κ1) is 21.1. The molecule has 1 aliphatic heterocycles. The molecular formula is C19H21NO7S2. The van der Waals surface area contributed by atoms with E-state index >= 15 is 0 Å². The molecular weight excluding hydrogens is 418 g/mol. The minimum Gasteiger partial charge on any atom is -0.493 e. The first-order valence-corrected chi connectivity index (χ1v) is 12.1. The molecule has 0 bridgehead atoms.